The van der Waals surface area contributed by atoms with Crippen LogP contribution >= 0.6 is 0 Å². The highest BCUT2D eigenvalue weighted by Crippen LogP contribution is 2.02. The first-order chi connectivity index (χ1) is 7.72. The second-order valence-corrected chi connectivity index (χ2v) is 3.32. The lowest BCUT2D eigenvalue weighted by Crippen LogP contribution is -2.09. The number of Topliss-reactive ketones (excluding diaryl/α,β-unsaturated/α-hetero) is 1. The average molecular weight is 218 g/mol. The topological polar surface area (TPSA) is 43.4 Å². The van der Waals surface area contributed by atoms with Crippen LogP contribution in [0.2, 0.25) is 0 Å². The van der Waals surface area contributed by atoms with Gasteiger partial charge in [-0.3, -0.25) is 4.79 Å². The van der Waals surface area contributed by atoms with E-state index in [1.165, 1.54) is 0 Å². The summed E-state index contributed by atoms with van der Waals surface area (Å²) in [7, 11) is 0. The molecule has 0 aliphatic rings. The van der Waals surface area contributed by atoms with E-state index in [1.54, 1.807) is 0 Å². The van der Waals surface area contributed by atoms with Crippen molar-refractivity contribution in [1.82, 2.24) is 0 Å². The Morgan fingerprint density at radius 3 is 2.56 bits per heavy atom. The number of benzene rings is 1. The maximum Gasteiger partial charge on any atom is 0.330 e. The lowest BCUT2D eigenvalue weighted by Gasteiger charge is -2.02. The predicted molar refractivity (Wildman–Crippen MR) is 60.9 cm³/mol. The maximum atomic E-state index is 11.5. The van der Waals surface area contributed by atoms with Gasteiger partial charge in [-0.25, -0.2) is 4.79 Å². The molecule has 0 aliphatic carbocycles. The smallest absolute Gasteiger partial charge is 0.330 e. The predicted octanol–water partition coefficient (Wildman–Crippen LogP) is 1.92. The van der Waals surface area contributed by atoms with Crippen LogP contribution in [0, 0.1) is 0 Å². The van der Waals surface area contributed by atoms with Crippen LogP contribution in [0.25, 0.3) is 0 Å². The molecule has 16 heavy (non-hydrogen) atoms. The van der Waals surface area contributed by atoms with Gasteiger partial charge in [0.15, 0.2) is 0 Å². The fraction of sp³-hybridized carbons (Fsp3) is 0.231. The molecule has 0 aliphatic heterocycles. The molecule has 1 rings (SSSR count). The summed E-state index contributed by atoms with van der Waals surface area (Å²) in [5, 5.41) is 0. The van der Waals surface area contributed by atoms with Crippen LogP contribution in [0.4, 0.5) is 0 Å². The van der Waals surface area contributed by atoms with Crippen molar-refractivity contribution in [2.75, 3.05) is 6.61 Å². The summed E-state index contributed by atoms with van der Waals surface area (Å²) >= 11 is 0. The summed E-state index contributed by atoms with van der Waals surface area (Å²) in [4.78, 5) is 22.2. The molecule has 1 aromatic carbocycles. The maximum absolute atomic E-state index is 11.5. The summed E-state index contributed by atoms with van der Waals surface area (Å²) in [5.41, 5.74) is 0.975. The van der Waals surface area contributed by atoms with Gasteiger partial charge < -0.3 is 4.74 Å². The molecule has 0 saturated carbocycles. The quantitative estimate of drug-likeness (QED) is 0.541. The molecule has 0 heterocycles. The lowest BCUT2D eigenvalue weighted by atomic mass is 10.1. The molecule has 0 fully saturated rings. The molecule has 0 unspecified atom stereocenters. The van der Waals surface area contributed by atoms with Crippen molar-refractivity contribution in [2.45, 2.75) is 12.8 Å². The third-order valence-corrected chi connectivity index (χ3v) is 2.04. The molecule has 0 amide bonds. The van der Waals surface area contributed by atoms with Crippen molar-refractivity contribution in [2.24, 2.45) is 0 Å². The second kappa shape index (κ2) is 6.56. The number of ether oxygens (including phenoxy) is 1. The number of esters is 1. The van der Waals surface area contributed by atoms with Crippen molar-refractivity contribution < 1.29 is 14.3 Å². The monoisotopic (exact) mass is 218 g/mol. The summed E-state index contributed by atoms with van der Waals surface area (Å²) in [6, 6.07) is 9.47. The van der Waals surface area contributed by atoms with Gasteiger partial charge in [0.25, 0.3) is 0 Å². The first-order valence-corrected chi connectivity index (χ1v) is 5.07. The minimum absolute atomic E-state index is 0.0584. The first-order valence-electron chi connectivity index (χ1n) is 5.07. The standard InChI is InChI=1S/C13H14O3/c1-2-13(15)16-9-8-12(14)10-11-6-4-3-5-7-11/h2-7H,1,8-10H2. The average Bonchev–Trinajstić information content (AvgIpc) is 2.30. The Morgan fingerprint density at radius 1 is 1.25 bits per heavy atom. The van der Waals surface area contributed by atoms with Crippen molar-refractivity contribution in [3.05, 3.63) is 48.6 Å². The molecule has 84 valence electrons. The van der Waals surface area contributed by atoms with Crippen molar-refractivity contribution >= 4 is 11.8 Å². The van der Waals surface area contributed by atoms with Crippen molar-refractivity contribution in [1.29, 1.82) is 0 Å². The van der Waals surface area contributed by atoms with E-state index in [4.69, 9.17) is 4.74 Å². The molecule has 0 saturated heterocycles. The summed E-state index contributed by atoms with van der Waals surface area (Å²) in [6.45, 7) is 3.39. The van der Waals surface area contributed by atoms with Gasteiger partial charge in [0.2, 0.25) is 0 Å². The minimum atomic E-state index is -0.493. The van der Waals surface area contributed by atoms with Crippen molar-refractivity contribution in [3.63, 3.8) is 0 Å². The van der Waals surface area contributed by atoms with E-state index >= 15 is 0 Å². The highest BCUT2D eigenvalue weighted by molar-refractivity contribution is 5.83. The van der Waals surface area contributed by atoms with E-state index in [-0.39, 0.29) is 18.8 Å². The first kappa shape index (κ1) is 12.2. The molecular weight excluding hydrogens is 204 g/mol. The van der Waals surface area contributed by atoms with Crippen LogP contribution in [0.1, 0.15) is 12.0 Å². The highest BCUT2D eigenvalue weighted by atomic mass is 16.5. The SMILES string of the molecule is C=CC(=O)OCCC(=O)Cc1ccccc1. The molecule has 0 bridgehead atoms. The van der Waals surface area contributed by atoms with Crippen LogP contribution in [0.15, 0.2) is 43.0 Å². The Morgan fingerprint density at radius 2 is 1.94 bits per heavy atom. The summed E-state index contributed by atoms with van der Waals surface area (Å²) < 4.78 is 4.72. The van der Waals surface area contributed by atoms with Gasteiger partial charge in [-0.2, -0.15) is 0 Å². The number of carbonyl (C=O) groups is 2. The zero-order valence-corrected chi connectivity index (χ0v) is 9.02. The zero-order valence-electron chi connectivity index (χ0n) is 9.02. The highest BCUT2D eigenvalue weighted by Gasteiger charge is 2.04. The second-order valence-electron chi connectivity index (χ2n) is 3.32. The Hall–Kier alpha value is -1.90. The number of carbonyl (C=O) groups excluding carboxylic acids is 2. The van der Waals surface area contributed by atoms with Gasteiger partial charge in [-0.1, -0.05) is 36.9 Å². The Kier molecular flexibility index (Phi) is 4.99. The summed E-state index contributed by atoms with van der Waals surface area (Å²) in [5.74, 6) is -0.435. The van der Waals surface area contributed by atoms with Gasteiger partial charge in [0, 0.05) is 18.9 Å². The normalized spacial score (nSPS) is 9.50. The van der Waals surface area contributed by atoms with E-state index < -0.39 is 5.97 Å². The van der Waals surface area contributed by atoms with E-state index in [2.05, 4.69) is 6.58 Å². The fourth-order valence-electron chi connectivity index (χ4n) is 1.24. The molecule has 0 radical (unpaired) electrons. The molecule has 3 heteroatoms. The van der Waals surface area contributed by atoms with Gasteiger partial charge in [0.05, 0.1) is 6.61 Å². The molecule has 0 atom stereocenters. The van der Waals surface area contributed by atoms with Crippen LogP contribution in [0.3, 0.4) is 0 Å². The van der Waals surface area contributed by atoms with E-state index in [0.29, 0.717) is 6.42 Å². The van der Waals surface area contributed by atoms with E-state index in [0.717, 1.165) is 11.6 Å². The molecular formula is C13H14O3. The van der Waals surface area contributed by atoms with Gasteiger partial charge in [-0.05, 0) is 5.56 Å². The Balaban J connectivity index is 2.26. The van der Waals surface area contributed by atoms with Crippen LogP contribution in [0.5, 0.6) is 0 Å². The molecule has 0 aromatic heterocycles. The largest absolute Gasteiger partial charge is 0.462 e. The van der Waals surface area contributed by atoms with Crippen molar-refractivity contribution in [3.8, 4) is 0 Å². The molecule has 1 aromatic rings. The molecule has 3 nitrogen and oxygen atoms in total. The van der Waals surface area contributed by atoms with Crippen LogP contribution in [-0.4, -0.2) is 18.4 Å². The lowest BCUT2D eigenvalue weighted by molar-refractivity contribution is -0.138. The number of rotatable bonds is 6. The van der Waals surface area contributed by atoms with Crippen LogP contribution < -0.4 is 0 Å². The van der Waals surface area contributed by atoms with Crippen LogP contribution in [-0.2, 0) is 20.7 Å². The fourth-order valence-corrected chi connectivity index (χ4v) is 1.24. The Bertz CT molecular complexity index is 368. The molecule has 0 spiro atoms. The number of hydrogen-bond acceptors (Lipinski definition) is 3. The number of ketones is 1. The third-order valence-electron chi connectivity index (χ3n) is 2.04. The number of hydrogen-bond donors (Lipinski definition) is 0. The molecule has 0 N–H and O–H groups in total. The zero-order chi connectivity index (χ0) is 11.8. The minimum Gasteiger partial charge on any atom is -0.462 e. The van der Waals surface area contributed by atoms with E-state index in [1.807, 2.05) is 30.3 Å². The van der Waals surface area contributed by atoms with Gasteiger partial charge in [-0.15, -0.1) is 0 Å². The van der Waals surface area contributed by atoms with Gasteiger partial charge in [0.1, 0.15) is 5.78 Å². The third kappa shape index (κ3) is 4.55. The van der Waals surface area contributed by atoms with Gasteiger partial charge >= 0.3 is 5.97 Å². The van der Waals surface area contributed by atoms with E-state index in [9.17, 15) is 9.59 Å². The Labute approximate surface area is 94.7 Å². The summed E-state index contributed by atoms with van der Waals surface area (Å²) in [6.07, 6.45) is 1.71.